The molecule has 0 bridgehead atoms. The minimum atomic E-state index is -0.796. The first-order chi connectivity index (χ1) is 22.7. The van der Waals surface area contributed by atoms with E-state index in [1.54, 1.807) is 48.0 Å². The number of para-hydroxylation sites is 1. The van der Waals surface area contributed by atoms with Crippen molar-refractivity contribution in [1.82, 2.24) is 14.0 Å². The molecule has 3 aromatic carbocycles. The number of thiazole rings is 1. The van der Waals surface area contributed by atoms with Crippen LogP contribution in [0.3, 0.4) is 0 Å². The number of hydrogen-bond acceptors (Lipinski definition) is 6. The highest BCUT2D eigenvalue weighted by atomic mass is 32.1. The Balaban J connectivity index is 1.59. The number of aromatic nitrogens is 2. The van der Waals surface area contributed by atoms with Crippen LogP contribution >= 0.6 is 11.3 Å². The molecule has 8 nitrogen and oxygen atoms in total. The number of ether oxygens (including phenoxy) is 2. The molecule has 0 saturated carbocycles. The maximum atomic E-state index is 14.7. The Kier molecular flexibility index (Phi) is 8.88. The number of methoxy groups -OCH3 is 2. The predicted molar refractivity (Wildman–Crippen MR) is 183 cm³/mol. The van der Waals surface area contributed by atoms with Crippen molar-refractivity contribution in [2.24, 2.45) is 4.99 Å². The topological polar surface area (TPSA) is 78.1 Å². The van der Waals surface area contributed by atoms with Crippen molar-refractivity contribution in [2.75, 3.05) is 27.3 Å². The molecule has 3 heterocycles. The number of carbonyl (C=O) groups is 1. The maximum absolute atomic E-state index is 14.7. The van der Waals surface area contributed by atoms with E-state index >= 15 is 0 Å². The standard InChI is InChI=1S/C37H37FN4O4S/c1-7-40(8-2)36(44)33-22(3)39-37-42(34(33)28-19-25(45-5)17-18-31(28)46-6)35(43)32(47-37)20-27-23(4)41(30-16-12-10-14-26(27)30)21-24-13-9-11-15-29(24)38/h9-20,34H,7-8,21H2,1-6H3/b32-20+/t34-/m0/s1. The highest BCUT2D eigenvalue weighted by Crippen LogP contribution is 2.38. The summed E-state index contributed by atoms with van der Waals surface area (Å²) in [4.78, 5) is 35.7. The molecule has 0 unspecified atom stereocenters. The van der Waals surface area contributed by atoms with Gasteiger partial charge in [0.2, 0.25) is 0 Å². The second-order valence-corrected chi connectivity index (χ2v) is 12.4. The van der Waals surface area contributed by atoms with Gasteiger partial charge in [0.15, 0.2) is 4.80 Å². The zero-order valence-corrected chi connectivity index (χ0v) is 28.2. The Bertz CT molecular complexity index is 2220. The van der Waals surface area contributed by atoms with E-state index in [4.69, 9.17) is 14.5 Å². The van der Waals surface area contributed by atoms with Crippen LogP contribution in [0, 0.1) is 12.7 Å². The molecule has 0 N–H and O–H groups in total. The normalized spacial score (nSPS) is 14.7. The van der Waals surface area contributed by atoms with Crippen LogP contribution in [-0.4, -0.2) is 47.3 Å². The van der Waals surface area contributed by atoms with E-state index in [1.807, 2.05) is 70.2 Å². The van der Waals surface area contributed by atoms with Gasteiger partial charge in [-0.2, -0.15) is 0 Å². The lowest BCUT2D eigenvalue weighted by Gasteiger charge is -2.30. The van der Waals surface area contributed by atoms with E-state index < -0.39 is 6.04 Å². The van der Waals surface area contributed by atoms with Crippen LogP contribution in [0.1, 0.15) is 49.2 Å². The number of allylic oxidation sites excluding steroid dienone is 1. The molecule has 47 heavy (non-hydrogen) atoms. The summed E-state index contributed by atoms with van der Waals surface area (Å²) in [5.74, 6) is 0.646. The first-order valence-corrected chi connectivity index (χ1v) is 16.4. The molecule has 5 aromatic rings. The van der Waals surface area contributed by atoms with Crippen LogP contribution in [0.2, 0.25) is 0 Å². The number of fused-ring (bicyclic) bond motifs is 2. The molecule has 10 heteroatoms. The van der Waals surface area contributed by atoms with Gasteiger partial charge in [0.1, 0.15) is 23.4 Å². The first-order valence-electron chi connectivity index (χ1n) is 15.6. The van der Waals surface area contributed by atoms with Crippen molar-refractivity contribution in [3.8, 4) is 11.5 Å². The van der Waals surface area contributed by atoms with Gasteiger partial charge in [0.05, 0.1) is 36.6 Å². The summed E-state index contributed by atoms with van der Waals surface area (Å²) in [6.45, 7) is 9.02. The third-order valence-corrected chi connectivity index (χ3v) is 9.86. The maximum Gasteiger partial charge on any atom is 0.271 e. The number of carbonyl (C=O) groups excluding carboxylic acids is 1. The predicted octanol–water partition coefficient (Wildman–Crippen LogP) is 5.57. The van der Waals surface area contributed by atoms with Gasteiger partial charge in [-0.3, -0.25) is 14.2 Å². The molecular weight excluding hydrogens is 615 g/mol. The van der Waals surface area contributed by atoms with E-state index in [1.165, 1.54) is 17.4 Å². The molecule has 1 amide bonds. The van der Waals surface area contributed by atoms with Gasteiger partial charge in [-0.05, 0) is 64.1 Å². The molecule has 242 valence electrons. The van der Waals surface area contributed by atoms with Gasteiger partial charge in [-0.1, -0.05) is 47.7 Å². The molecular formula is C37H37FN4O4S. The molecule has 0 saturated heterocycles. The van der Waals surface area contributed by atoms with Crippen LogP contribution in [0.4, 0.5) is 4.39 Å². The Labute approximate surface area is 276 Å². The highest BCUT2D eigenvalue weighted by Gasteiger charge is 2.36. The molecule has 1 aliphatic heterocycles. The monoisotopic (exact) mass is 652 g/mol. The second-order valence-electron chi connectivity index (χ2n) is 11.4. The van der Waals surface area contributed by atoms with Crippen LogP contribution in [-0.2, 0) is 11.3 Å². The fourth-order valence-corrected chi connectivity index (χ4v) is 7.42. The van der Waals surface area contributed by atoms with Crippen molar-refractivity contribution in [2.45, 2.75) is 40.3 Å². The average Bonchev–Trinajstić information content (AvgIpc) is 3.53. The summed E-state index contributed by atoms with van der Waals surface area (Å²) in [5, 5.41) is 0.951. The number of rotatable bonds is 9. The summed E-state index contributed by atoms with van der Waals surface area (Å²) < 4.78 is 30.2. The van der Waals surface area contributed by atoms with Crippen molar-refractivity contribution < 1.29 is 18.7 Å². The molecule has 6 rings (SSSR count). The molecule has 1 aliphatic rings. The van der Waals surface area contributed by atoms with E-state index in [0.717, 1.165) is 22.2 Å². The van der Waals surface area contributed by atoms with Crippen LogP contribution < -0.4 is 24.4 Å². The summed E-state index contributed by atoms with van der Waals surface area (Å²) in [7, 11) is 3.14. The first kappa shape index (κ1) is 32.0. The largest absolute Gasteiger partial charge is 0.497 e. The van der Waals surface area contributed by atoms with E-state index in [2.05, 4.69) is 4.57 Å². The van der Waals surface area contributed by atoms with Gasteiger partial charge in [0, 0.05) is 46.4 Å². The SMILES string of the molecule is CCN(CC)C(=O)C1=C(C)N=c2s/c(=C/c3c(C)n(Cc4ccccc4F)c4ccccc34)c(=O)n2[C@H]1c1cc(OC)ccc1OC. The van der Waals surface area contributed by atoms with Crippen molar-refractivity contribution >= 4 is 34.2 Å². The van der Waals surface area contributed by atoms with Gasteiger partial charge in [-0.15, -0.1) is 0 Å². The number of nitrogens with zero attached hydrogens (tertiary/aromatic N) is 4. The fraction of sp³-hybridized carbons (Fsp3) is 0.270. The minimum absolute atomic E-state index is 0.188. The van der Waals surface area contributed by atoms with Crippen LogP contribution in [0.15, 0.2) is 87.8 Å². The molecule has 0 radical (unpaired) electrons. The van der Waals surface area contributed by atoms with Gasteiger partial charge in [0.25, 0.3) is 11.5 Å². The van der Waals surface area contributed by atoms with E-state index in [0.29, 0.717) is 62.9 Å². The summed E-state index contributed by atoms with van der Waals surface area (Å²) in [5.41, 5.74) is 4.60. The van der Waals surface area contributed by atoms with Crippen LogP contribution in [0.25, 0.3) is 17.0 Å². The molecule has 0 aliphatic carbocycles. The summed E-state index contributed by atoms with van der Waals surface area (Å²) in [6, 6.07) is 19.3. The molecule has 0 fully saturated rings. The second kappa shape index (κ2) is 13.0. The smallest absolute Gasteiger partial charge is 0.271 e. The van der Waals surface area contributed by atoms with Crippen LogP contribution in [0.5, 0.6) is 11.5 Å². The lowest BCUT2D eigenvalue weighted by Crippen LogP contribution is -2.43. The van der Waals surface area contributed by atoms with E-state index in [-0.39, 0.29) is 17.3 Å². The van der Waals surface area contributed by atoms with E-state index in [9.17, 15) is 14.0 Å². The fourth-order valence-electron chi connectivity index (χ4n) is 6.40. The number of hydrogen-bond donors (Lipinski definition) is 0. The summed E-state index contributed by atoms with van der Waals surface area (Å²) >= 11 is 1.28. The van der Waals surface area contributed by atoms with Crippen molar-refractivity contribution in [3.63, 3.8) is 0 Å². The molecule has 2 aromatic heterocycles. The van der Waals surface area contributed by atoms with Gasteiger partial charge < -0.3 is 18.9 Å². The zero-order valence-electron chi connectivity index (χ0n) is 27.3. The van der Waals surface area contributed by atoms with Gasteiger partial charge >= 0.3 is 0 Å². The Hall–Kier alpha value is -4.96. The molecule has 1 atom stereocenters. The van der Waals surface area contributed by atoms with Crippen molar-refractivity contribution in [3.05, 3.63) is 126 Å². The van der Waals surface area contributed by atoms with Gasteiger partial charge in [-0.25, -0.2) is 9.38 Å². The Morgan fingerprint density at radius 1 is 1.02 bits per heavy atom. The number of likely N-dealkylation sites (N-methyl/N-ethyl adjacent to an activating group) is 1. The zero-order chi connectivity index (χ0) is 33.4. The molecule has 0 spiro atoms. The Morgan fingerprint density at radius 3 is 2.45 bits per heavy atom. The minimum Gasteiger partial charge on any atom is -0.497 e. The lowest BCUT2D eigenvalue weighted by atomic mass is 9.93. The lowest BCUT2D eigenvalue weighted by molar-refractivity contribution is -0.127. The Morgan fingerprint density at radius 2 is 1.74 bits per heavy atom. The number of halogens is 1. The third-order valence-electron chi connectivity index (χ3n) is 8.88. The highest BCUT2D eigenvalue weighted by molar-refractivity contribution is 7.07. The van der Waals surface area contributed by atoms with Crippen molar-refractivity contribution in [1.29, 1.82) is 0 Å². The quantitative estimate of drug-likeness (QED) is 0.209. The third kappa shape index (κ3) is 5.56. The number of benzene rings is 3. The summed E-state index contributed by atoms with van der Waals surface area (Å²) in [6.07, 6.45) is 1.89. The number of amides is 1. The average molecular weight is 653 g/mol.